The summed E-state index contributed by atoms with van der Waals surface area (Å²) in [5, 5.41) is 7.72. The first-order chi connectivity index (χ1) is 7.27. The molecule has 1 rings (SSSR count). The molecule has 0 amide bonds. The first-order valence-corrected chi connectivity index (χ1v) is 5.97. The number of rotatable bonds is 2. The van der Waals surface area contributed by atoms with E-state index in [1.807, 2.05) is 6.92 Å². The number of benzene rings is 1. The van der Waals surface area contributed by atoms with Gasteiger partial charge in [-0.3, -0.25) is 9.35 Å². The Morgan fingerprint density at radius 3 is 1.72 bits per heavy atom. The predicted molar refractivity (Wildman–Crippen MR) is 66.1 cm³/mol. The number of carbonyl (C=O) groups is 1. The molecule has 1 aromatic rings. The lowest BCUT2D eigenvalue weighted by Crippen LogP contribution is -1.96. The summed E-state index contributed by atoms with van der Waals surface area (Å²) in [6.45, 7) is 3.44. The topological polar surface area (TPSA) is 155 Å². The molecule has 0 spiro atoms. The fourth-order valence-electron chi connectivity index (χ4n) is 0.710. The highest BCUT2D eigenvalue weighted by Gasteiger charge is 2.06. The Hall–Kier alpha value is -1.48. The smallest absolute Gasteiger partial charge is 0.303 e. The average Bonchev–Trinajstić information content (AvgIpc) is 2.18. The molecule has 0 heterocycles. The highest BCUT2D eigenvalue weighted by Crippen LogP contribution is 2.08. The normalized spacial score (nSPS) is 9.06. The number of aliphatic carboxylic acids is 1. The van der Waals surface area contributed by atoms with Crippen LogP contribution >= 0.6 is 0 Å². The summed E-state index contributed by atoms with van der Waals surface area (Å²) in [4.78, 5) is 9.30. The fraction of sp³-hybridized carbons (Fsp3) is 0.300. The van der Waals surface area contributed by atoms with Crippen LogP contribution < -0.4 is 0 Å². The Bertz CT molecular complexity index is 436. The van der Waals surface area contributed by atoms with E-state index >= 15 is 0 Å². The predicted octanol–water partition coefficient (Wildman–Crippen LogP) is 0.0733. The molecule has 0 atom stereocenters. The summed E-state index contributed by atoms with van der Waals surface area (Å²) in [7, 11) is -4.02. The van der Waals surface area contributed by atoms with Gasteiger partial charge in [0.1, 0.15) is 0 Å². The number of hydrogen-bond acceptors (Lipinski definition) is 3. The lowest BCUT2D eigenvalue weighted by molar-refractivity contribution is -0.136. The SMILES string of the molecule is CCC(=O)O.Cc1ccc(S(=O)(=O)O)cc1.O.O. The Morgan fingerprint density at radius 1 is 1.17 bits per heavy atom. The molecule has 0 unspecified atom stereocenters. The molecule has 0 saturated heterocycles. The van der Waals surface area contributed by atoms with Gasteiger partial charge in [-0.25, -0.2) is 0 Å². The van der Waals surface area contributed by atoms with Gasteiger partial charge in [-0.2, -0.15) is 8.42 Å². The third-order valence-electron chi connectivity index (χ3n) is 1.62. The minimum Gasteiger partial charge on any atom is -0.481 e. The molecule has 0 saturated carbocycles. The van der Waals surface area contributed by atoms with Crippen LogP contribution in [0.25, 0.3) is 0 Å². The molecule has 0 aromatic heterocycles. The molecule has 7 nitrogen and oxygen atoms in total. The molecule has 18 heavy (non-hydrogen) atoms. The van der Waals surface area contributed by atoms with Gasteiger partial charge < -0.3 is 16.1 Å². The summed E-state index contributed by atoms with van der Waals surface area (Å²) < 4.78 is 29.6. The second kappa shape index (κ2) is 9.54. The molecule has 8 heteroatoms. The van der Waals surface area contributed by atoms with E-state index in [0.29, 0.717) is 0 Å². The van der Waals surface area contributed by atoms with Gasteiger partial charge in [0.25, 0.3) is 10.1 Å². The molecular weight excluding hydrogens is 264 g/mol. The van der Waals surface area contributed by atoms with Crippen LogP contribution in [-0.4, -0.2) is 35.0 Å². The van der Waals surface area contributed by atoms with Crippen molar-refractivity contribution in [3.05, 3.63) is 29.8 Å². The van der Waals surface area contributed by atoms with E-state index in [0.717, 1.165) is 5.56 Å². The third kappa shape index (κ3) is 9.73. The minimum atomic E-state index is -4.02. The standard InChI is InChI=1S/C7H8O3S.C3H6O2.2H2O/c1-6-2-4-7(5-3-6)11(8,9)10;1-2-3(4)5;;/h2-5H,1H3,(H,8,9,10);2H2,1H3,(H,4,5);2*1H2. The van der Waals surface area contributed by atoms with E-state index in [9.17, 15) is 13.2 Å². The van der Waals surface area contributed by atoms with Gasteiger partial charge in [0.2, 0.25) is 0 Å². The van der Waals surface area contributed by atoms with E-state index in [1.54, 1.807) is 19.1 Å². The van der Waals surface area contributed by atoms with Crippen molar-refractivity contribution in [2.45, 2.75) is 25.2 Å². The molecule has 0 fully saturated rings. The van der Waals surface area contributed by atoms with E-state index in [1.165, 1.54) is 12.1 Å². The van der Waals surface area contributed by atoms with Crippen LogP contribution in [0.2, 0.25) is 0 Å². The molecule has 106 valence electrons. The van der Waals surface area contributed by atoms with Crippen LogP contribution in [0.1, 0.15) is 18.9 Å². The van der Waals surface area contributed by atoms with Crippen LogP contribution in [0.3, 0.4) is 0 Å². The monoisotopic (exact) mass is 282 g/mol. The summed E-state index contributed by atoms with van der Waals surface area (Å²) in [6.07, 6.45) is 0.222. The number of hydrogen-bond donors (Lipinski definition) is 2. The van der Waals surface area contributed by atoms with Crippen LogP contribution in [-0.2, 0) is 14.9 Å². The van der Waals surface area contributed by atoms with Gasteiger partial charge in [-0.15, -0.1) is 0 Å². The van der Waals surface area contributed by atoms with Crippen molar-refractivity contribution in [1.29, 1.82) is 0 Å². The quantitative estimate of drug-likeness (QED) is 0.734. The Morgan fingerprint density at radius 2 is 1.50 bits per heavy atom. The van der Waals surface area contributed by atoms with Gasteiger partial charge in [-0.05, 0) is 19.1 Å². The highest BCUT2D eigenvalue weighted by molar-refractivity contribution is 7.85. The Balaban J connectivity index is -0.000000282. The molecule has 0 aliphatic rings. The molecule has 0 bridgehead atoms. The molecule has 0 aliphatic carbocycles. The maximum atomic E-state index is 10.5. The van der Waals surface area contributed by atoms with Gasteiger partial charge in [0.15, 0.2) is 0 Å². The zero-order valence-corrected chi connectivity index (χ0v) is 10.9. The maximum absolute atomic E-state index is 10.5. The zero-order valence-electron chi connectivity index (χ0n) is 10.0. The lowest BCUT2D eigenvalue weighted by atomic mass is 10.2. The lowest BCUT2D eigenvalue weighted by Gasteiger charge is -1.95. The van der Waals surface area contributed by atoms with Gasteiger partial charge >= 0.3 is 5.97 Å². The molecular formula is C10H18O7S. The van der Waals surface area contributed by atoms with Gasteiger partial charge in [0.05, 0.1) is 4.90 Å². The van der Waals surface area contributed by atoms with Crippen LogP contribution in [0.5, 0.6) is 0 Å². The first-order valence-electron chi connectivity index (χ1n) is 4.53. The van der Waals surface area contributed by atoms with Crippen molar-refractivity contribution in [1.82, 2.24) is 0 Å². The van der Waals surface area contributed by atoms with Crippen LogP contribution in [0.15, 0.2) is 29.2 Å². The second-order valence-electron chi connectivity index (χ2n) is 3.04. The van der Waals surface area contributed by atoms with Gasteiger partial charge in [0, 0.05) is 6.42 Å². The second-order valence-corrected chi connectivity index (χ2v) is 4.46. The maximum Gasteiger partial charge on any atom is 0.303 e. The van der Waals surface area contributed by atoms with E-state index in [4.69, 9.17) is 9.66 Å². The number of carboxylic acids is 1. The molecule has 1 aromatic carbocycles. The highest BCUT2D eigenvalue weighted by atomic mass is 32.2. The summed E-state index contributed by atoms with van der Waals surface area (Å²) in [6, 6.07) is 5.99. The van der Waals surface area contributed by atoms with Crippen molar-refractivity contribution >= 4 is 16.1 Å². The molecule has 0 aliphatic heterocycles. The van der Waals surface area contributed by atoms with Crippen molar-refractivity contribution in [3.8, 4) is 0 Å². The summed E-state index contributed by atoms with van der Waals surface area (Å²) in [5.41, 5.74) is 0.956. The summed E-state index contributed by atoms with van der Waals surface area (Å²) >= 11 is 0. The Labute approximate surface area is 105 Å². The summed E-state index contributed by atoms with van der Waals surface area (Å²) in [5.74, 6) is -0.745. The van der Waals surface area contributed by atoms with E-state index < -0.39 is 16.1 Å². The average molecular weight is 282 g/mol. The van der Waals surface area contributed by atoms with E-state index in [-0.39, 0.29) is 22.3 Å². The van der Waals surface area contributed by atoms with Gasteiger partial charge in [-0.1, -0.05) is 24.6 Å². The Kier molecular flexibility index (Phi) is 11.5. The largest absolute Gasteiger partial charge is 0.481 e. The van der Waals surface area contributed by atoms with Crippen LogP contribution in [0.4, 0.5) is 0 Å². The number of aryl methyl sites for hydroxylation is 1. The fourth-order valence-corrected chi connectivity index (χ4v) is 1.19. The van der Waals surface area contributed by atoms with E-state index in [2.05, 4.69) is 0 Å². The third-order valence-corrected chi connectivity index (χ3v) is 2.49. The van der Waals surface area contributed by atoms with Crippen molar-refractivity contribution in [2.24, 2.45) is 0 Å². The molecule has 6 N–H and O–H groups in total. The molecule has 0 radical (unpaired) electrons. The number of carboxylic acid groups (broad SMARTS) is 1. The van der Waals surface area contributed by atoms with Crippen LogP contribution in [0, 0.1) is 6.92 Å². The zero-order chi connectivity index (χ0) is 12.8. The van der Waals surface area contributed by atoms with Crippen molar-refractivity contribution < 1.29 is 33.8 Å². The van der Waals surface area contributed by atoms with Crippen molar-refractivity contribution in [2.75, 3.05) is 0 Å². The minimum absolute atomic E-state index is 0. The first kappa shape index (κ1) is 21.8. The van der Waals surface area contributed by atoms with Crippen molar-refractivity contribution in [3.63, 3.8) is 0 Å².